The Morgan fingerprint density at radius 2 is 1.78 bits per heavy atom. The number of ether oxygens (including phenoxy) is 3. The summed E-state index contributed by atoms with van der Waals surface area (Å²) in [6.45, 7) is 1.83. The van der Waals surface area contributed by atoms with E-state index in [1.807, 2.05) is 0 Å². The number of alkyl halides is 5. The van der Waals surface area contributed by atoms with Crippen molar-refractivity contribution >= 4 is 11.8 Å². The maximum absolute atomic E-state index is 13.3. The molecule has 192 valence electrons. The van der Waals surface area contributed by atoms with E-state index < -0.39 is 23.3 Å². The van der Waals surface area contributed by atoms with E-state index in [-0.39, 0.29) is 30.2 Å². The largest absolute Gasteiger partial charge is 0.573 e. The van der Waals surface area contributed by atoms with Crippen molar-refractivity contribution in [3.63, 3.8) is 0 Å². The summed E-state index contributed by atoms with van der Waals surface area (Å²) < 4.78 is 79.9. The summed E-state index contributed by atoms with van der Waals surface area (Å²) in [4.78, 5) is 17.6. The van der Waals surface area contributed by atoms with E-state index in [4.69, 9.17) is 9.47 Å². The summed E-state index contributed by atoms with van der Waals surface area (Å²) in [5.41, 5.74) is -0.639. The molecule has 1 saturated carbocycles. The van der Waals surface area contributed by atoms with Crippen LogP contribution in [0.2, 0.25) is 0 Å². The molecule has 0 aliphatic heterocycles. The summed E-state index contributed by atoms with van der Waals surface area (Å²) in [5, 5.41) is 0.0973. The Hall–Kier alpha value is -3.28. The van der Waals surface area contributed by atoms with E-state index in [0.29, 0.717) is 22.1 Å². The average molecular weight is 528 g/mol. The van der Waals surface area contributed by atoms with E-state index in [9.17, 15) is 26.7 Å². The van der Waals surface area contributed by atoms with Gasteiger partial charge in [0.2, 0.25) is 5.92 Å². The zero-order valence-electron chi connectivity index (χ0n) is 19.1. The van der Waals surface area contributed by atoms with Crippen molar-refractivity contribution in [3.05, 3.63) is 65.2 Å². The van der Waals surface area contributed by atoms with Crippen LogP contribution in [0.3, 0.4) is 0 Å². The SMILES string of the molecule is COc1cc(-n2ccnc(Sc3ccc(OC(F)(F)F)cc3)c2=O)ccc1OCC1(C)CC(F)(F)C1. The summed E-state index contributed by atoms with van der Waals surface area (Å²) >= 11 is 0.984. The number of aromatic nitrogens is 2. The summed E-state index contributed by atoms with van der Waals surface area (Å²) in [5.74, 6) is -2.36. The highest BCUT2D eigenvalue weighted by molar-refractivity contribution is 7.99. The van der Waals surface area contributed by atoms with E-state index in [1.54, 1.807) is 25.1 Å². The van der Waals surface area contributed by atoms with Crippen molar-refractivity contribution in [2.45, 2.75) is 42.0 Å². The molecule has 1 fully saturated rings. The zero-order chi connectivity index (χ0) is 26.1. The summed E-state index contributed by atoms with van der Waals surface area (Å²) in [7, 11) is 1.42. The zero-order valence-corrected chi connectivity index (χ0v) is 20.0. The lowest BCUT2D eigenvalue weighted by Crippen LogP contribution is -2.47. The molecule has 0 unspecified atom stereocenters. The van der Waals surface area contributed by atoms with Gasteiger partial charge < -0.3 is 14.2 Å². The fourth-order valence-electron chi connectivity index (χ4n) is 3.96. The number of methoxy groups -OCH3 is 1. The molecular formula is C24H21F5N2O4S. The van der Waals surface area contributed by atoms with Crippen LogP contribution in [0.15, 0.2) is 69.6 Å². The van der Waals surface area contributed by atoms with Gasteiger partial charge in [-0.2, -0.15) is 0 Å². The number of hydrogen-bond acceptors (Lipinski definition) is 6. The van der Waals surface area contributed by atoms with Gasteiger partial charge in [-0.3, -0.25) is 9.36 Å². The van der Waals surface area contributed by atoms with E-state index >= 15 is 0 Å². The minimum absolute atomic E-state index is 0.0973. The topological polar surface area (TPSA) is 62.6 Å². The molecule has 1 heterocycles. The number of nitrogens with zero attached hydrogens (tertiary/aromatic N) is 2. The second kappa shape index (κ2) is 9.64. The molecule has 36 heavy (non-hydrogen) atoms. The van der Waals surface area contributed by atoms with Crippen molar-refractivity contribution < 1.29 is 36.2 Å². The predicted molar refractivity (Wildman–Crippen MR) is 121 cm³/mol. The van der Waals surface area contributed by atoms with Crippen molar-refractivity contribution in [1.29, 1.82) is 0 Å². The Bertz CT molecular complexity index is 1290. The normalized spacial score (nSPS) is 16.2. The van der Waals surface area contributed by atoms with Crippen LogP contribution in [0.5, 0.6) is 17.2 Å². The van der Waals surface area contributed by atoms with Gasteiger partial charge in [-0.1, -0.05) is 18.7 Å². The predicted octanol–water partition coefficient (Wildman–Crippen LogP) is 6.11. The molecule has 2 aromatic carbocycles. The number of hydrogen-bond donors (Lipinski definition) is 0. The first-order valence-corrected chi connectivity index (χ1v) is 11.5. The lowest BCUT2D eigenvalue weighted by Gasteiger charge is -2.44. The first-order chi connectivity index (χ1) is 16.9. The molecule has 0 radical (unpaired) electrons. The fourth-order valence-corrected chi connectivity index (χ4v) is 4.76. The third-order valence-corrected chi connectivity index (χ3v) is 6.43. The van der Waals surface area contributed by atoms with Gasteiger partial charge in [-0.25, -0.2) is 13.8 Å². The molecule has 1 aromatic heterocycles. The van der Waals surface area contributed by atoms with E-state index in [0.717, 1.165) is 23.9 Å². The first-order valence-electron chi connectivity index (χ1n) is 10.7. The molecule has 3 aromatic rings. The van der Waals surface area contributed by atoms with Gasteiger partial charge in [0, 0.05) is 41.6 Å². The molecule has 0 saturated heterocycles. The Morgan fingerprint density at radius 3 is 2.39 bits per heavy atom. The standard InChI is InChI=1S/C24H21F5N2O4S/c1-22(12-23(25,26)13-22)14-34-18-8-3-15(11-19(18)33-2)31-10-9-30-20(21(31)32)36-17-6-4-16(5-7-17)35-24(27,28)29/h3-11H,12-14H2,1-2H3. The highest BCUT2D eigenvalue weighted by atomic mass is 32.2. The van der Waals surface area contributed by atoms with Gasteiger partial charge in [0.25, 0.3) is 5.56 Å². The average Bonchev–Trinajstić information content (AvgIpc) is 2.78. The highest BCUT2D eigenvalue weighted by Gasteiger charge is 2.54. The van der Waals surface area contributed by atoms with Gasteiger partial charge in [-0.15, -0.1) is 13.2 Å². The lowest BCUT2D eigenvalue weighted by molar-refractivity contribution is -0.274. The molecule has 1 aliphatic carbocycles. The highest BCUT2D eigenvalue weighted by Crippen LogP contribution is 2.52. The fraction of sp³-hybridized carbons (Fsp3) is 0.333. The Morgan fingerprint density at radius 1 is 1.08 bits per heavy atom. The van der Waals surface area contributed by atoms with Gasteiger partial charge in [-0.05, 0) is 36.4 Å². The minimum atomic E-state index is -4.80. The summed E-state index contributed by atoms with van der Waals surface area (Å²) in [6.07, 6.45) is -2.41. The maximum atomic E-state index is 13.3. The van der Waals surface area contributed by atoms with Crippen LogP contribution in [-0.4, -0.2) is 35.6 Å². The van der Waals surface area contributed by atoms with Gasteiger partial charge in [0.15, 0.2) is 16.5 Å². The Labute approximate surface area is 207 Å². The Balaban J connectivity index is 1.50. The second-order valence-corrected chi connectivity index (χ2v) is 9.74. The monoisotopic (exact) mass is 528 g/mol. The molecule has 0 spiro atoms. The second-order valence-electron chi connectivity index (χ2n) is 8.67. The van der Waals surface area contributed by atoms with Crippen LogP contribution in [0.25, 0.3) is 5.69 Å². The Kier molecular flexibility index (Phi) is 6.91. The minimum Gasteiger partial charge on any atom is -0.493 e. The third-order valence-electron chi connectivity index (χ3n) is 5.45. The van der Waals surface area contributed by atoms with Crippen molar-refractivity contribution in [2.75, 3.05) is 13.7 Å². The third kappa shape index (κ3) is 6.10. The molecule has 0 bridgehead atoms. The van der Waals surface area contributed by atoms with E-state index in [2.05, 4.69) is 9.72 Å². The molecule has 0 amide bonds. The van der Waals surface area contributed by atoms with Crippen LogP contribution in [0.4, 0.5) is 22.0 Å². The van der Waals surface area contributed by atoms with Crippen LogP contribution >= 0.6 is 11.8 Å². The molecule has 12 heteroatoms. The van der Waals surface area contributed by atoms with Gasteiger partial charge in [0.05, 0.1) is 19.4 Å². The van der Waals surface area contributed by atoms with Crippen LogP contribution in [0.1, 0.15) is 19.8 Å². The molecule has 6 nitrogen and oxygen atoms in total. The lowest BCUT2D eigenvalue weighted by atomic mass is 9.68. The first kappa shape index (κ1) is 25.8. The summed E-state index contributed by atoms with van der Waals surface area (Å²) in [6, 6.07) is 9.85. The molecule has 0 atom stereocenters. The van der Waals surface area contributed by atoms with Crippen LogP contribution in [-0.2, 0) is 0 Å². The number of benzene rings is 2. The number of halogens is 5. The van der Waals surface area contributed by atoms with Crippen LogP contribution < -0.4 is 19.8 Å². The van der Waals surface area contributed by atoms with Gasteiger partial charge >= 0.3 is 6.36 Å². The molecular weight excluding hydrogens is 507 g/mol. The van der Waals surface area contributed by atoms with Crippen molar-refractivity contribution in [2.24, 2.45) is 5.41 Å². The number of rotatable bonds is 8. The van der Waals surface area contributed by atoms with Crippen molar-refractivity contribution in [3.8, 4) is 22.9 Å². The van der Waals surface area contributed by atoms with Gasteiger partial charge in [0.1, 0.15) is 5.75 Å². The smallest absolute Gasteiger partial charge is 0.493 e. The molecule has 0 N–H and O–H groups in total. The quantitative estimate of drug-likeness (QED) is 0.329. The van der Waals surface area contributed by atoms with Crippen molar-refractivity contribution in [1.82, 2.24) is 9.55 Å². The van der Waals surface area contributed by atoms with E-state index in [1.165, 1.54) is 36.2 Å². The maximum Gasteiger partial charge on any atom is 0.573 e. The van der Waals surface area contributed by atoms with Crippen LogP contribution in [0, 0.1) is 5.41 Å². The molecule has 1 aliphatic rings. The molecule has 4 rings (SSSR count).